The number of aliphatic hydroxyl groups excluding tert-OH is 1. The van der Waals surface area contributed by atoms with Crippen LogP contribution >= 0.6 is 11.6 Å². The van der Waals surface area contributed by atoms with Crippen LogP contribution in [0, 0.1) is 0 Å². The molecule has 2 N–H and O–H groups in total. The second-order valence-corrected chi connectivity index (χ2v) is 5.73. The topological polar surface area (TPSA) is 62.2 Å². The number of amides is 1. The Kier molecular flexibility index (Phi) is 3.97. The van der Waals surface area contributed by atoms with Gasteiger partial charge in [-0.15, -0.1) is 0 Å². The summed E-state index contributed by atoms with van der Waals surface area (Å²) in [7, 11) is 0. The number of rotatable bonds is 3. The SMILES string of the molecule is CC(O)C(C)(C)NC(=O)c1cc2ccccc2c(Cl)n1. The van der Waals surface area contributed by atoms with Crippen molar-refractivity contribution in [3.05, 3.63) is 41.2 Å². The normalized spacial score (nSPS) is 13.2. The van der Waals surface area contributed by atoms with Gasteiger partial charge in [-0.05, 0) is 32.2 Å². The van der Waals surface area contributed by atoms with E-state index in [1.807, 2.05) is 24.3 Å². The summed E-state index contributed by atoms with van der Waals surface area (Å²) in [6.07, 6.45) is -0.678. The number of hydrogen-bond donors (Lipinski definition) is 2. The van der Waals surface area contributed by atoms with E-state index in [1.54, 1.807) is 26.8 Å². The summed E-state index contributed by atoms with van der Waals surface area (Å²) in [5, 5.41) is 14.3. The minimum atomic E-state index is -0.739. The van der Waals surface area contributed by atoms with Crippen LogP contribution < -0.4 is 5.32 Å². The Balaban J connectivity index is 2.36. The van der Waals surface area contributed by atoms with Gasteiger partial charge in [0.05, 0.1) is 11.6 Å². The van der Waals surface area contributed by atoms with Crippen LogP contribution in [0.3, 0.4) is 0 Å². The minimum Gasteiger partial charge on any atom is -0.391 e. The third-order valence-electron chi connectivity index (χ3n) is 3.41. The number of aromatic nitrogens is 1. The molecule has 20 heavy (non-hydrogen) atoms. The van der Waals surface area contributed by atoms with Crippen LogP contribution in [-0.2, 0) is 0 Å². The predicted octanol–water partition coefficient (Wildman–Crippen LogP) is 2.78. The first-order valence-corrected chi connectivity index (χ1v) is 6.75. The van der Waals surface area contributed by atoms with Crippen molar-refractivity contribution in [3.63, 3.8) is 0 Å². The molecule has 0 aliphatic rings. The van der Waals surface area contributed by atoms with Crippen molar-refractivity contribution in [1.82, 2.24) is 10.3 Å². The molecule has 0 radical (unpaired) electrons. The van der Waals surface area contributed by atoms with Crippen molar-refractivity contribution in [1.29, 1.82) is 0 Å². The van der Waals surface area contributed by atoms with Crippen molar-refractivity contribution < 1.29 is 9.90 Å². The maximum Gasteiger partial charge on any atom is 0.270 e. The summed E-state index contributed by atoms with van der Waals surface area (Å²) in [6, 6.07) is 9.16. The maximum atomic E-state index is 12.2. The van der Waals surface area contributed by atoms with E-state index in [0.717, 1.165) is 10.8 Å². The number of carbonyl (C=O) groups is 1. The van der Waals surface area contributed by atoms with Crippen LogP contribution in [0.4, 0.5) is 0 Å². The molecule has 1 heterocycles. The number of nitrogens with zero attached hydrogens (tertiary/aromatic N) is 1. The van der Waals surface area contributed by atoms with Crippen LogP contribution in [0.15, 0.2) is 30.3 Å². The summed E-state index contributed by atoms with van der Waals surface area (Å²) in [6.45, 7) is 5.12. The van der Waals surface area contributed by atoms with E-state index in [0.29, 0.717) is 5.15 Å². The Morgan fingerprint density at radius 3 is 2.70 bits per heavy atom. The fraction of sp³-hybridized carbons (Fsp3) is 0.333. The second-order valence-electron chi connectivity index (χ2n) is 5.37. The lowest BCUT2D eigenvalue weighted by Gasteiger charge is -2.29. The van der Waals surface area contributed by atoms with E-state index in [2.05, 4.69) is 10.3 Å². The molecule has 0 aliphatic carbocycles. The third-order valence-corrected chi connectivity index (χ3v) is 3.69. The maximum absolute atomic E-state index is 12.2. The number of hydrogen-bond acceptors (Lipinski definition) is 3. The van der Waals surface area contributed by atoms with Crippen LogP contribution in [0.1, 0.15) is 31.3 Å². The first-order chi connectivity index (χ1) is 9.31. The molecule has 0 bridgehead atoms. The Labute approximate surface area is 122 Å². The fourth-order valence-electron chi connectivity index (χ4n) is 1.73. The van der Waals surface area contributed by atoms with Crippen molar-refractivity contribution in [2.75, 3.05) is 0 Å². The van der Waals surface area contributed by atoms with Crippen LogP contribution in [0.2, 0.25) is 5.15 Å². The summed E-state index contributed by atoms with van der Waals surface area (Å²) in [5.41, 5.74) is -0.501. The van der Waals surface area contributed by atoms with Gasteiger partial charge in [-0.3, -0.25) is 4.79 Å². The molecule has 0 saturated heterocycles. The monoisotopic (exact) mass is 292 g/mol. The standard InChI is InChI=1S/C15H17ClN2O2/c1-9(19)15(2,3)18-14(20)12-8-10-6-4-5-7-11(10)13(16)17-12/h4-9,19H,1-3H3,(H,18,20). The van der Waals surface area contributed by atoms with E-state index >= 15 is 0 Å². The van der Waals surface area contributed by atoms with E-state index in [-0.39, 0.29) is 11.6 Å². The molecular formula is C15H17ClN2O2. The van der Waals surface area contributed by atoms with Crippen molar-refractivity contribution >= 4 is 28.3 Å². The zero-order chi connectivity index (χ0) is 14.9. The Morgan fingerprint density at radius 2 is 2.05 bits per heavy atom. The van der Waals surface area contributed by atoms with Gasteiger partial charge in [0.25, 0.3) is 5.91 Å². The van der Waals surface area contributed by atoms with E-state index in [1.165, 1.54) is 0 Å². The molecule has 4 nitrogen and oxygen atoms in total. The largest absolute Gasteiger partial charge is 0.391 e. The van der Waals surface area contributed by atoms with Gasteiger partial charge in [0.2, 0.25) is 0 Å². The predicted molar refractivity (Wildman–Crippen MR) is 80.0 cm³/mol. The average Bonchev–Trinajstić information content (AvgIpc) is 2.38. The van der Waals surface area contributed by atoms with Gasteiger partial charge in [0.1, 0.15) is 10.8 Å². The van der Waals surface area contributed by atoms with E-state index in [9.17, 15) is 9.90 Å². The van der Waals surface area contributed by atoms with Gasteiger partial charge in [-0.1, -0.05) is 35.9 Å². The second kappa shape index (κ2) is 5.38. The molecule has 1 amide bonds. The lowest BCUT2D eigenvalue weighted by molar-refractivity contribution is 0.0705. The van der Waals surface area contributed by atoms with Crippen LogP contribution in [-0.4, -0.2) is 27.6 Å². The number of carbonyl (C=O) groups excluding carboxylic acids is 1. The first kappa shape index (κ1) is 14.8. The van der Waals surface area contributed by atoms with Crippen LogP contribution in [0.5, 0.6) is 0 Å². The lowest BCUT2D eigenvalue weighted by atomic mass is 9.98. The zero-order valence-corrected chi connectivity index (χ0v) is 12.4. The number of aliphatic hydroxyl groups is 1. The van der Waals surface area contributed by atoms with Gasteiger partial charge in [-0.25, -0.2) is 4.98 Å². The summed E-state index contributed by atoms with van der Waals surface area (Å²) >= 11 is 6.10. The third kappa shape index (κ3) is 2.92. The zero-order valence-electron chi connectivity index (χ0n) is 11.6. The lowest BCUT2D eigenvalue weighted by Crippen LogP contribution is -2.51. The highest BCUT2D eigenvalue weighted by Gasteiger charge is 2.27. The summed E-state index contributed by atoms with van der Waals surface area (Å²) in [4.78, 5) is 16.3. The molecule has 2 aromatic rings. The van der Waals surface area contributed by atoms with E-state index < -0.39 is 11.6 Å². The van der Waals surface area contributed by atoms with Gasteiger partial charge in [0.15, 0.2) is 0 Å². The summed E-state index contributed by atoms with van der Waals surface area (Å²) in [5.74, 6) is -0.358. The highest BCUT2D eigenvalue weighted by atomic mass is 35.5. The Morgan fingerprint density at radius 1 is 1.40 bits per heavy atom. The van der Waals surface area contributed by atoms with Gasteiger partial charge >= 0.3 is 0 Å². The molecule has 0 spiro atoms. The molecule has 1 atom stereocenters. The number of benzene rings is 1. The van der Waals surface area contributed by atoms with E-state index in [4.69, 9.17) is 11.6 Å². The Hall–Kier alpha value is -1.65. The average molecular weight is 293 g/mol. The molecular weight excluding hydrogens is 276 g/mol. The van der Waals surface area contributed by atoms with Crippen molar-refractivity contribution in [2.24, 2.45) is 0 Å². The smallest absolute Gasteiger partial charge is 0.270 e. The number of pyridine rings is 1. The highest BCUT2D eigenvalue weighted by Crippen LogP contribution is 2.22. The Bertz CT molecular complexity index is 653. The molecule has 1 aromatic heterocycles. The first-order valence-electron chi connectivity index (χ1n) is 6.37. The highest BCUT2D eigenvalue weighted by molar-refractivity contribution is 6.34. The molecule has 106 valence electrons. The molecule has 2 rings (SSSR count). The molecule has 1 unspecified atom stereocenters. The van der Waals surface area contributed by atoms with Gasteiger partial charge in [-0.2, -0.15) is 0 Å². The molecule has 0 fully saturated rings. The van der Waals surface area contributed by atoms with Gasteiger partial charge in [0, 0.05) is 5.39 Å². The number of halogens is 1. The number of nitrogens with one attached hydrogen (secondary N) is 1. The number of fused-ring (bicyclic) bond motifs is 1. The molecule has 5 heteroatoms. The molecule has 0 aliphatic heterocycles. The minimum absolute atomic E-state index is 0.238. The van der Waals surface area contributed by atoms with Crippen LogP contribution in [0.25, 0.3) is 10.8 Å². The fourth-order valence-corrected chi connectivity index (χ4v) is 2.00. The van der Waals surface area contributed by atoms with Crippen molar-refractivity contribution in [3.8, 4) is 0 Å². The molecule has 1 aromatic carbocycles. The quantitative estimate of drug-likeness (QED) is 0.855. The van der Waals surface area contributed by atoms with Crippen molar-refractivity contribution in [2.45, 2.75) is 32.4 Å². The van der Waals surface area contributed by atoms with Gasteiger partial charge < -0.3 is 10.4 Å². The molecule has 0 saturated carbocycles. The summed E-state index contributed by atoms with van der Waals surface area (Å²) < 4.78 is 0.